The minimum atomic E-state index is 0.261. The highest BCUT2D eigenvalue weighted by Gasteiger charge is 2.58. The van der Waals surface area contributed by atoms with Crippen LogP contribution in [0, 0.1) is 10.8 Å². The van der Waals surface area contributed by atoms with Crippen LogP contribution in [0.2, 0.25) is 0 Å². The van der Waals surface area contributed by atoms with Crippen LogP contribution in [0.1, 0.15) is 75.2 Å². The zero-order chi connectivity index (χ0) is 13.7. The molecule has 17 heavy (non-hydrogen) atoms. The van der Waals surface area contributed by atoms with Crippen molar-refractivity contribution in [1.29, 1.82) is 0 Å². The molecule has 0 aromatic rings. The van der Waals surface area contributed by atoms with Gasteiger partial charge in [0.2, 0.25) is 0 Å². The van der Waals surface area contributed by atoms with E-state index in [0.717, 1.165) is 0 Å². The molecule has 1 rings (SSSR count). The highest BCUT2D eigenvalue weighted by Crippen LogP contribution is 2.55. The average molecular weight is 239 g/mol. The molecule has 0 aliphatic carbocycles. The van der Waals surface area contributed by atoms with Gasteiger partial charge in [0.1, 0.15) is 0 Å². The summed E-state index contributed by atoms with van der Waals surface area (Å²) < 4.78 is 0. The quantitative estimate of drug-likeness (QED) is 0.591. The van der Waals surface area contributed by atoms with Crippen LogP contribution in [0.25, 0.3) is 0 Å². The van der Waals surface area contributed by atoms with Gasteiger partial charge in [0.05, 0.1) is 0 Å². The van der Waals surface area contributed by atoms with Crippen LogP contribution in [0.5, 0.6) is 0 Å². The first kappa shape index (κ1) is 15.0. The maximum absolute atomic E-state index is 2.78. The lowest BCUT2D eigenvalue weighted by Gasteiger charge is -2.60. The van der Waals surface area contributed by atoms with Gasteiger partial charge in [-0.1, -0.05) is 41.5 Å². The summed E-state index contributed by atoms with van der Waals surface area (Å²) in [5.41, 5.74) is 1.19. The fourth-order valence-corrected chi connectivity index (χ4v) is 4.41. The van der Waals surface area contributed by atoms with E-state index < -0.39 is 0 Å². The molecule has 102 valence electrons. The van der Waals surface area contributed by atoms with Gasteiger partial charge in [-0.2, -0.15) is 0 Å². The van der Waals surface area contributed by atoms with E-state index in [-0.39, 0.29) is 5.54 Å². The minimum absolute atomic E-state index is 0.261. The maximum Gasteiger partial charge on any atom is 0.0311 e. The standard InChI is InChI=1S/C16H33N/c1-13(2,3)16(14(4,5)6)11-10-12-17(16)15(7,8)9/h10-12H2,1-9H3. The molecule has 0 atom stereocenters. The predicted molar refractivity (Wildman–Crippen MR) is 77.3 cm³/mol. The van der Waals surface area contributed by atoms with Gasteiger partial charge in [-0.05, 0) is 51.0 Å². The molecule has 1 heterocycles. The first-order valence-corrected chi connectivity index (χ1v) is 7.12. The van der Waals surface area contributed by atoms with E-state index in [0.29, 0.717) is 16.4 Å². The summed E-state index contributed by atoms with van der Waals surface area (Å²) >= 11 is 0. The molecule has 1 aliphatic heterocycles. The number of rotatable bonds is 0. The van der Waals surface area contributed by atoms with Crippen LogP contribution in [-0.4, -0.2) is 22.5 Å². The second kappa shape index (κ2) is 3.98. The maximum atomic E-state index is 2.78. The molecule has 0 saturated carbocycles. The molecule has 0 radical (unpaired) electrons. The van der Waals surface area contributed by atoms with Crippen LogP contribution in [0.4, 0.5) is 0 Å². The summed E-state index contributed by atoms with van der Waals surface area (Å²) in [6.45, 7) is 22.9. The van der Waals surface area contributed by atoms with Gasteiger partial charge in [-0.3, -0.25) is 4.90 Å². The third kappa shape index (κ3) is 2.28. The van der Waals surface area contributed by atoms with Crippen molar-refractivity contribution >= 4 is 0 Å². The van der Waals surface area contributed by atoms with Crippen molar-refractivity contribution in [3.63, 3.8) is 0 Å². The van der Waals surface area contributed by atoms with Crippen molar-refractivity contribution in [1.82, 2.24) is 4.90 Å². The third-order valence-corrected chi connectivity index (χ3v) is 4.67. The number of likely N-dealkylation sites (tertiary alicyclic amines) is 1. The number of nitrogens with zero attached hydrogens (tertiary/aromatic N) is 1. The second-order valence-corrected chi connectivity index (χ2v) is 8.79. The molecule has 0 unspecified atom stereocenters. The van der Waals surface area contributed by atoms with Crippen LogP contribution in [-0.2, 0) is 0 Å². The molecule has 0 aromatic carbocycles. The fraction of sp³-hybridized carbons (Fsp3) is 1.00. The lowest BCUT2D eigenvalue weighted by atomic mass is 9.58. The SMILES string of the molecule is CC(C)(C)N1CCCC1(C(C)(C)C)C(C)(C)C. The van der Waals surface area contributed by atoms with Crippen LogP contribution in [0.15, 0.2) is 0 Å². The Bertz CT molecular complexity index is 255. The van der Waals surface area contributed by atoms with Gasteiger partial charge >= 0.3 is 0 Å². The molecule has 0 spiro atoms. The molecule has 0 amide bonds. The van der Waals surface area contributed by atoms with Crippen LogP contribution >= 0.6 is 0 Å². The highest BCUT2D eigenvalue weighted by atomic mass is 15.3. The van der Waals surface area contributed by atoms with E-state index in [2.05, 4.69) is 67.2 Å². The molecular weight excluding hydrogens is 206 g/mol. The van der Waals surface area contributed by atoms with Crippen molar-refractivity contribution in [2.75, 3.05) is 6.54 Å². The molecule has 0 bridgehead atoms. The summed E-state index contributed by atoms with van der Waals surface area (Å²) in [6.07, 6.45) is 2.67. The lowest BCUT2D eigenvalue weighted by molar-refractivity contribution is -0.101. The van der Waals surface area contributed by atoms with E-state index in [1.807, 2.05) is 0 Å². The molecule has 0 N–H and O–H groups in total. The zero-order valence-corrected chi connectivity index (χ0v) is 13.6. The van der Waals surface area contributed by atoms with Crippen LogP contribution in [0.3, 0.4) is 0 Å². The average Bonchev–Trinajstić information content (AvgIpc) is 2.42. The van der Waals surface area contributed by atoms with Gasteiger partial charge in [0.15, 0.2) is 0 Å². The smallest absolute Gasteiger partial charge is 0.0311 e. The van der Waals surface area contributed by atoms with E-state index in [4.69, 9.17) is 0 Å². The van der Waals surface area contributed by atoms with Gasteiger partial charge in [0, 0.05) is 11.1 Å². The molecular formula is C16H33N. The van der Waals surface area contributed by atoms with Crippen molar-refractivity contribution in [2.45, 2.75) is 86.2 Å². The topological polar surface area (TPSA) is 3.24 Å². The predicted octanol–water partition coefficient (Wildman–Crippen LogP) is 4.71. The summed E-state index contributed by atoms with van der Waals surface area (Å²) in [5.74, 6) is 0. The summed E-state index contributed by atoms with van der Waals surface area (Å²) in [5, 5.41) is 0. The third-order valence-electron chi connectivity index (χ3n) is 4.67. The Balaban J connectivity index is 3.34. The fourth-order valence-electron chi connectivity index (χ4n) is 4.41. The minimum Gasteiger partial charge on any atom is -0.292 e. The highest BCUT2D eigenvalue weighted by molar-refractivity contribution is 5.12. The Morgan fingerprint density at radius 2 is 1.18 bits per heavy atom. The second-order valence-electron chi connectivity index (χ2n) is 8.79. The van der Waals surface area contributed by atoms with Gasteiger partial charge < -0.3 is 0 Å². The Morgan fingerprint density at radius 3 is 1.41 bits per heavy atom. The van der Waals surface area contributed by atoms with E-state index in [1.165, 1.54) is 19.4 Å². The first-order chi connectivity index (χ1) is 7.34. The van der Waals surface area contributed by atoms with Crippen molar-refractivity contribution in [2.24, 2.45) is 10.8 Å². The van der Waals surface area contributed by atoms with Gasteiger partial charge in [-0.15, -0.1) is 0 Å². The van der Waals surface area contributed by atoms with E-state index in [9.17, 15) is 0 Å². The Labute approximate surface area is 109 Å². The zero-order valence-electron chi connectivity index (χ0n) is 13.6. The molecule has 1 fully saturated rings. The molecule has 1 saturated heterocycles. The molecule has 1 nitrogen and oxygen atoms in total. The Kier molecular flexibility index (Phi) is 3.52. The molecule has 1 heteroatoms. The van der Waals surface area contributed by atoms with Crippen molar-refractivity contribution in [3.05, 3.63) is 0 Å². The Hall–Kier alpha value is -0.0400. The van der Waals surface area contributed by atoms with Gasteiger partial charge in [-0.25, -0.2) is 0 Å². The molecule has 1 aliphatic rings. The molecule has 0 aromatic heterocycles. The number of hydrogen-bond acceptors (Lipinski definition) is 1. The van der Waals surface area contributed by atoms with E-state index >= 15 is 0 Å². The lowest BCUT2D eigenvalue weighted by Crippen LogP contribution is -2.65. The van der Waals surface area contributed by atoms with Crippen molar-refractivity contribution in [3.8, 4) is 0 Å². The largest absolute Gasteiger partial charge is 0.292 e. The first-order valence-electron chi connectivity index (χ1n) is 7.12. The normalized spacial score (nSPS) is 23.1. The summed E-state index contributed by atoms with van der Waals surface area (Å²) in [6, 6.07) is 0. The Morgan fingerprint density at radius 1 is 0.765 bits per heavy atom. The van der Waals surface area contributed by atoms with Crippen LogP contribution < -0.4 is 0 Å². The summed E-state index contributed by atoms with van der Waals surface area (Å²) in [4.78, 5) is 2.78. The van der Waals surface area contributed by atoms with Crippen molar-refractivity contribution < 1.29 is 0 Å². The monoisotopic (exact) mass is 239 g/mol. The van der Waals surface area contributed by atoms with Gasteiger partial charge in [0.25, 0.3) is 0 Å². The summed E-state index contributed by atoms with van der Waals surface area (Å²) in [7, 11) is 0. The van der Waals surface area contributed by atoms with E-state index in [1.54, 1.807) is 0 Å². The number of hydrogen-bond donors (Lipinski definition) is 0.